The number of carbonyl (C=O) groups is 2. The number of carboxylic acids is 1. The normalized spacial score (nSPS) is 18.5. The molecular formula is C15H22N2O3S. The Hall–Kier alpha value is -1.24. The predicted octanol–water partition coefficient (Wildman–Crippen LogP) is 1.66. The van der Waals surface area contributed by atoms with Crippen molar-refractivity contribution in [3.05, 3.63) is 22.4 Å². The van der Waals surface area contributed by atoms with Crippen molar-refractivity contribution >= 4 is 23.1 Å². The number of rotatable bonds is 7. The van der Waals surface area contributed by atoms with Crippen molar-refractivity contribution in [1.82, 2.24) is 9.80 Å². The van der Waals surface area contributed by atoms with Gasteiger partial charge in [-0.15, -0.1) is 11.3 Å². The quantitative estimate of drug-likeness (QED) is 0.776. The number of Topliss-reactive ketones (excluding diaryl/α,β-unsaturated/α-hetero) is 1. The van der Waals surface area contributed by atoms with Crippen LogP contribution >= 0.6 is 11.3 Å². The Kier molecular flexibility index (Phi) is 5.90. The Bertz CT molecular complexity index is 467. The second-order valence-electron chi connectivity index (χ2n) is 5.37. The number of ketones is 1. The predicted molar refractivity (Wildman–Crippen MR) is 82.9 cm³/mol. The van der Waals surface area contributed by atoms with Crippen molar-refractivity contribution in [1.29, 1.82) is 0 Å². The Morgan fingerprint density at radius 1 is 1.29 bits per heavy atom. The molecular weight excluding hydrogens is 288 g/mol. The SMILES string of the molecule is CCN1CCN(CC(CC(=O)O)C(=O)c2cccs2)CC1. The van der Waals surface area contributed by atoms with Crippen LogP contribution in [0.3, 0.4) is 0 Å². The van der Waals surface area contributed by atoms with Crippen LogP contribution in [0.25, 0.3) is 0 Å². The van der Waals surface area contributed by atoms with Gasteiger partial charge in [-0.3, -0.25) is 9.59 Å². The monoisotopic (exact) mass is 310 g/mol. The minimum atomic E-state index is -0.905. The number of nitrogens with zero attached hydrogens (tertiary/aromatic N) is 2. The number of hydrogen-bond donors (Lipinski definition) is 1. The Morgan fingerprint density at radius 3 is 2.48 bits per heavy atom. The van der Waals surface area contributed by atoms with E-state index in [9.17, 15) is 9.59 Å². The van der Waals surface area contributed by atoms with Gasteiger partial charge in [-0.05, 0) is 18.0 Å². The molecule has 1 atom stereocenters. The molecule has 1 unspecified atom stereocenters. The summed E-state index contributed by atoms with van der Waals surface area (Å²) in [4.78, 5) is 28.7. The number of piperazine rings is 1. The molecule has 2 rings (SSSR count). The first-order chi connectivity index (χ1) is 10.1. The van der Waals surface area contributed by atoms with Crippen LogP contribution in [0.1, 0.15) is 23.0 Å². The van der Waals surface area contributed by atoms with Gasteiger partial charge in [0, 0.05) is 38.6 Å². The van der Waals surface area contributed by atoms with E-state index in [-0.39, 0.29) is 12.2 Å². The zero-order valence-electron chi connectivity index (χ0n) is 12.3. The van der Waals surface area contributed by atoms with E-state index in [1.807, 2.05) is 11.4 Å². The van der Waals surface area contributed by atoms with E-state index in [1.165, 1.54) is 11.3 Å². The van der Waals surface area contributed by atoms with Gasteiger partial charge < -0.3 is 14.9 Å². The molecule has 2 heterocycles. The summed E-state index contributed by atoms with van der Waals surface area (Å²) in [5, 5.41) is 10.9. The molecule has 0 amide bonds. The maximum absolute atomic E-state index is 12.4. The molecule has 6 heteroatoms. The number of hydrogen-bond acceptors (Lipinski definition) is 5. The first kappa shape index (κ1) is 16.1. The van der Waals surface area contributed by atoms with Gasteiger partial charge >= 0.3 is 5.97 Å². The van der Waals surface area contributed by atoms with Crippen LogP contribution in [0.5, 0.6) is 0 Å². The third-order valence-corrected chi connectivity index (χ3v) is 4.83. The molecule has 1 aromatic heterocycles. The topological polar surface area (TPSA) is 60.9 Å². The van der Waals surface area contributed by atoms with Gasteiger partial charge in [0.15, 0.2) is 5.78 Å². The van der Waals surface area contributed by atoms with E-state index in [0.29, 0.717) is 11.4 Å². The van der Waals surface area contributed by atoms with Crippen LogP contribution in [0.4, 0.5) is 0 Å². The van der Waals surface area contributed by atoms with Crippen molar-refractivity contribution in [3.8, 4) is 0 Å². The largest absolute Gasteiger partial charge is 0.481 e. The fourth-order valence-corrected chi connectivity index (χ4v) is 3.41. The van der Waals surface area contributed by atoms with Crippen LogP contribution in [-0.4, -0.2) is 65.9 Å². The lowest BCUT2D eigenvalue weighted by Gasteiger charge is -2.35. The fourth-order valence-electron chi connectivity index (χ4n) is 2.67. The lowest BCUT2D eigenvalue weighted by atomic mass is 9.98. The minimum Gasteiger partial charge on any atom is -0.481 e. The molecule has 1 saturated heterocycles. The van der Waals surface area contributed by atoms with Gasteiger partial charge in [0.1, 0.15) is 0 Å². The molecule has 0 saturated carbocycles. The molecule has 5 nitrogen and oxygen atoms in total. The number of thiophene rings is 1. The van der Waals surface area contributed by atoms with Gasteiger partial charge in [-0.1, -0.05) is 13.0 Å². The summed E-state index contributed by atoms with van der Waals surface area (Å²) in [7, 11) is 0. The Labute approximate surface area is 129 Å². The standard InChI is InChI=1S/C15H22N2O3S/c1-2-16-5-7-17(8-6-16)11-12(10-14(18)19)15(20)13-4-3-9-21-13/h3-4,9,12H,2,5-8,10-11H2,1H3,(H,18,19). The smallest absolute Gasteiger partial charge is 0.304 e. The highest BCUT2D eigenvalue weighted by Crippen LogP contribution is 2.19. The lowest BCUT2D eigenvalue weighted by molar-refractivity contribution is -0.137. The summed E-state index contributed by atoms with van der Waals surface area (Å²) < 4.78 is 0. The minimum absolute atomic E-state index is 0.0367. The van der Waals surface area contributed by atoms with Crippen LogP contribution in [0, 0.1) is 5.92 Å². The molecule has 0 radical (unpaired) electrons. The Morgan fingerprint density at radius 2 is 1.95 bits per heavy atom. The zero-order chi connectivity index (χ0) is 15.2. The van der Waals surface area contributed by atoms with Crippen LogP contribution in [-0.2, 0) is 4.79 Å². The van der Waals surface area contributed by atoms with Gasteiger partial charge in [-0.2, -0.15) is 0 Å². The fraction of sp³-hybridized carbons (Fsp3) is 0.600. The summed E-state index contributed by atoms with van der Waals surface area (Å²) in [6.07, 6.45) is -0.0925. The van der Waals surface area contributed by atoms with E-state index < -0.39 is 11.9 Å². The highest BCUT2D eigenvalue weighted by atomic mass is 32.1. The molecule has 21 heavy (non-hydrogen) atoms. The van der Waals surface area contributed by atoms with Gasteiger partial charge in [0.25, 0.3) is 0 Å². The molecule has 0 aromatic carbocycles. The highest BCUT2D eigenvalue weighted by Gasteiger charge is 2.27. The van der Waals surface area contributed by atoms with Gasteiger partial charge in [-0.25, -0.2) is 0 Å². The third-order valence-electron chi connectivity index (χ3n) is 3.95. The maximum Gasteiger partial charge on any atom is 0.304 e. The van der Waals surface area contributed by atoms with Crippen molar-refractivity contribution < 1.29 is 14.7 Å². The highest BCUT2D eigenvalue weighted by molar-refractivity contribution is 7.12. The van der Waals surface area contributed by atoms with Crippen LogP contribution in [0.15, 0.2) is 17.5 Å². The van der Waals surface area contributed by atoms with E-state index in [1.54, 1.807) is 6.07 Å². The van der Waals surface area contributed by atoms with Crippen molar-refractivity contribution in [3.63, 3.8) is 0 Å². The molecule has 1 N–H and O–H groups in total. The number of carbonyl (C=O) groups excluding carboxylic acids is 1. The van der Waals surface area contributed by atoms with E-state index >= 15 is 0 Å². The van der Waals surface area contributed by atoms with E-state index in [2.05, 4.69) is 16.7 Å². The summed E-state index contributed by atoms with van der Waals surface area (Å²) in [6.45, 7) is 7.51. The van der Waals surface area contributed by atoms with Crippen LogP contribution in [0.2, 0.25) is 0 Å². The van der Waals surface area contributed by atoms with Crippen molar-refractivity contribution in [2.45, 2.75) is 13.3 Å². The van der Waals surface area contributed by atoms with Gasteiger partial charge in [0.2, 0.25) is 0 Å². The number of carboxylic acid groups (broad SMARTS) is 1. The second-order valence-corrected chi connectivity index (χ2v) is 6.32. The average molecular weight is 310 g/mol. The first-order valence-corrected chi connectivity index (χ1v) is 8.22. The summed E-state index contributed by atoms with van der Waals surface area (Å²) in [5.41, 5.74) is 0. The average Bonchev–Trinajstić information content (AvgIpc) is 3.00. The molecule has 116 valence electrons. The third kappa shape index (κ3) is 4.62. The van der Waals surface area contributed by atoms with Gasteiger partial charge in [0.05, 0.1) is 11.3 Å². The van der Waals surface area contributed by atoms with E-state index in [0.717, 1.165) is 32.7 Å². The number of aliphatic carboxylic acids is 1. The first-order valence-electron chi connectivity index (χ1n) is 7.34. The summed E-state index contributed by atoms with van der Waals surface area (Å²) in [6, 6.07) is 3.60. The number of likely N-dealkylation sites (N-methyl/N-ethyl adjacent to an activating group) is 1. The van der Waals surface area contributed by atoms with E-state index in [4.69, 9.17) is 5.11 Å². The molecule has 1 aliphatic rings. The Balaban J connectivity index is 1.97. The molecule has 0 bridgehead atoms. The zero-order valence-corrected chi connectivity index (χ0v) is 13.1. The lowest BCUT2D eigenvalue weighted by Crippen LogP contribution is -2.48. The summed E-state index contributed by atoms with van der Waals surface area (Å²) >= 11 is 1.38. The maximum atomic E-state index is 12.4. The molecule has 0 aliphatic carbocycles. The molecule has 1 aromatic rings. The molecule has 1 fully saturated rings. The summed E-state index contributed by atoms with van der Waals surface area (Å²) in [5.74, 6) is -1.39. The molecule has 1 aliphatic heterocycles. The van der Waals surface area contributed by atoms with Crippen molar-refractivity contribution in [2.24, 2.45) is 5.92 Å². The van der Waals surface area contributed by atoms with Crippen LogP contribution < -0.4 is 0 Å². The molecule has 0 spiro atoms. The second kappa shape index (κ2) is 7.68. The van der Waals surface area contributed by atoms with Crippen molar-refractivity contribution in [2.75, 3.05) is 39.3 Å².